The average Bonchev–Trinajstić information content (AvgIpc) is 2.80. The van der Waals surface area contributed by atoms with Crippen LogP contribution >= 0.6 is 0 Å². The molecule has 0 fully saturated rings. The first kappa shape index (κ1) is 15.1. The normalized spacial score (nSPS) is 17.7. The molecule has 0 saturated carbocycles. The fraction of sp³-hybridized carbons (Fsp3) is 0.375. The van der Waals surface area contributed by atoms with Crippen LogP contribution in [0.3, 0.4) is 0 Å². The number of nitrogens with one attached hydrogen (secondary N) is 1. The largest absolute Gasteiger partial charge is 0.469 e. The van der Waals surface area contributed by atoms with Crippen LogP contribution in [0.5, 0.6) is 0 Å². The zero-order valence-corrected chi connectivity index (χ0v) is 12.6. The number of hydrogen-bond acceptors (Lipinski definition) is 5. The number of esters is 1. The van der Waals surface area contributed by atoms with Gasteiger partial charge in [-0.05, 0) is 38.0 Å². The first-order valence-electron chi connectivity index (χ1n) is 6.91. The molecule has 1 N–H and O–H groups in total. The van der Waals surface area contributed by atoms with Gasteiger partial charge in [0.15, 0.2) is 12.5 Å². The fourth-order valence-corrected chi connectivity index (χ4v) is 2.40. The summed E-state index contributed by atoms with van der Waals surface area (Å²) < 4.78 is 4.63. The van der Waals surface area contributed by atoms with Crippen LogP contribution in [0.25, 0.3) is 0 Å². The Kier molecular flexibility index (Phi) is 4.62. The Morgan fingerprint density at radius 1 is 1.33 bits per heavy atom. The van der Waals surface area contributed by atoms with Gasteiger partial charge in [0.25, 0.3) is 0 Å². The molecule has 0 amide bonds. The second-order valence-electron chi connectivity index (χ2n) is 5.05. The van der Waals surface area contributed by atoms with Crippen LogP contribution in [0, 0.1) is 0 Å². The third-order valence-corrected chi connectivity index (χ3v) is 3.74. The first-order valence-corrected chi connectivity index (χ1v) is 6.91. The third kappa shape index (κ3) is 3.24. The van der Waals surface area contributed by atoms with Crippen LogP contribution in [-0.2, 0) is 20.7 Å². The number of carbonyl (C=O) groups excluding carboxylic acids is 2. The van der Waals surface area contributed by atoms with Crippen molar-refractivity contribution < 1.29 is 14.3 Å². The molecule has 1 aliphatic heterocycles. The van der Waals surface area contributed by atoms with E-state index in [4.69, 9.17) is 0 Å². The lowest BCUT2D eigenvalue weighted by molar-refractivity contribution is -0.140. The minimum atomic E-state index is -0.356. The van der Waals surface area contributed by atoms with E-state index < -0.39 is 0 Å². The molecule has 1 atom stereocenters. The molecule has 0 spiro atoms. The quantitative estimate of drug-likeness (QED) is 0.663. The van der Waals surface area contributed by atoms with E-state index in [1.54, 1.807) is 0 Å². The standard InChI is InChI=1S/C16H20N2O3/c1-11-12(2)18(15(10-19)17-11)14-7-4-13(5-8-14)6-9-16(20)21-3/h4-5,7-8,10,15,17H,6,9H2,1-3H3. The van der Waals surface area contributed by atoms with Crippen LogP contribution in [0.2, 0.25) is 0 Å². The van der Waals surface area contributed by atoms with Crippen molar-refractivity contribution in [2.24, 2.45) is 0 Å². The van der Waals surface area contributed by atoms with Crippen LogP contribution in [0.1, 0.15) is 25.8 Å². The Morgan fingerprint density at radius 2 is 2.00 bits per heavy atom. The van der Waals surface area contributed by atoms with E-state index in [2.05, 4.69) is 10.1 Å². The van der Waals surface area contributed by atoms with E-state index in [1.165, 1.54) is 7.11 Å². The number of nitrogens with zero attached hydrogens (tertiary/aromatic N) is 1. The molecule has 1 heterocycles. The number of carbonyl (C=O) groups is 2. The van der Waals surface area contributed by atoms with Crippen LogP contribution in [-0.4, -0.2) is 25.5 Å². The Hall–Kier alpha value is -2.30. The van der Waals surface area contributed by atoms with Gasteiger partial charge >= 0.3 is 5.97 Å². The zero-order chi connectivity index (χ0) is 15.4. The summed E-state index contributed by atoms with van der Waals surface area (Å²) in [5.74, 6) is -0.210. The van der Waals surface area contributed by atoms with Crippen molar-refractivity contribution >= 4 is 17.9 Å². The SMILES string of the molecule is COC(=O)CCc1ccc(N2C(C)=C(C)NC2C=O)cc1. The molecule has 1 unspecified atom stereocenters. The monoisotopic (exact) mass is 288 g/mol. The predicted octanol–water partition coefficient (Wildman–Crippen LogP) is 1.98. The Labute approximate surface area is 124 Å². The summed E-state index contributed by atoms with van der Waals surface area (Å²) in [5, 5.41) is 3.14. The zero-order valence-electron chi connectivity index (χ0n) is 12.6. The lowest BCUT2D eigenvalue weighted by atomic mass is 10.1. The van der Waals surface area contributed by atoms with Gasteiger partial charge in [-0.15, -0.1) is 0 Å². The summed E-state index contributed by atoms with van der Waals surface area (Å²) in [6.45, 7) is 3.94. The van der Waals surface area contributed by atoms with Gasteiger partial charge < -0.3 is 15.0 Å². The average molecular weight is 288 g/mol. The molecule has 21 heavy (non-hydrogen) atoms. The number of anilines is 1. The summed E-state index contributed by atoms with van der Waals surface area (Å²) in [7, 11) is 1.39. The smallest absolute Gasteiger partial charge is 0.305 e. The van der Waals surface area contributed by atoms with Crippen LogP contribution < -0.4 is 10.2 Å². The highest BCUT2D eigenvalue weighted by Gasteiger charge is 2.27. The fourth-order valence-electron chi connectivity index (χ4n) is 2.40. The molecule has 1 aromatic carbocycles. The molecule has 2 rings (SSSR count). The molecule has 0 aromatic heterocycles. The lowest BCUT2D eigenvalue weighted by Crippen LogP contribution is -2.38. The summed E-state index contributed by atoms with van der Waals surface area (Å²) in [5.41, 5.74) is 4.06. The number of benzene rings is 1. The van der Waals surface area contributed by atoms with Crippen LogP contribution in [0.4, 0.5) is 5.69 Å². The minimum Gasteiger partial charge on any atom is -0.469 e. The lowest BCUT2D eigenvalue weighted by Gasteiger charge is -2.24. The molecule has 1 aliphatic rings. The summed E-state index contributed by atoms with van der Waals surface area (Å²) in [6, 6.07) is 7.88. The maximum atomic E-state index is 11.2. The number of allylic oxidation sites excluding steroid dienone is 2. The van der Waals surface area contributed by atoms with E-state index >= 15 is 0 Å². The van der Waals surface area contributed by atoms with Crippen molar-refractivity contribution in [3.8, 4) is 0 Å². The predicted molar refractivity (Wildman–Crippen MR) is 80.6 cm³/mol. The maximum Gasteiger partial charge on any atom is 0.305 e. The summed E-state index contributed by atoms with van der Waals surface area (Å²) in [4.78, 5) is 24.3. The highest BCUT2D eigenvalue weighted by atomic mass is 16.5. The van der Waals surface area contributed by atoms with Gasteiger partial charge in [-0.25, -0.2) is 0 Å². The van der Waals surface area contributed by atoms with Crippen molar-refractivity contribution in [3.05, 3.63) is 41.2 Å². The topological polar surface area (TPSA) is 58.6 Å². The van der Waals surface area contributed by atoms with Crippen LogP contribution in [0.15, 0.2) is 35.7 Å². The maximum absolute atomic E-state index is 11.2. The Bertz CT molecular complexity index is 563. The second-order valence-corrected chi connectivity index (χ2v) is 5.05. The molecular formula is C16H20N2O3. The summed E-state index contributed by atoms with van der Waals surface area (Å²) in [6.07, 6.45) is 1.56. The molecule has 0 aliphatic carbocycles. The van der Waals surface area contributed by atoms with Gasteiger partial charge in [-0.2, -0.15) is 0 Å². The highest BCUT2D eigenvalue weighted by Crippen LogP contribution is 2.27. The molecular weight excluding hydrogens is 268 g/mol. The Morgan fingerprint density at radius 3 is 2.57 bits per heavy atom. The van der Waals surface area contributed by atoms with Gasteiger partial charge in [-0.1, -0.05) is 12.1 Å². The third-order valence-electron chi connectivity index (χ3n) is 3.74. The number of rotatable bonds is 5. The highest BCUT2D eigenvalue weighted by molar-refractivity contribution is 5.71. The van der Waals surface area contributed by atoms with Crippen molar-refractivity contribution in [1.82, 2.24) is 5.32 Å². The molecule has 0 bridgehead atoms. The van der Waals surface area contributed by atoms with E-state index in [1.807, 2.05) is 43.0 Å². The van der Waals surface area contributed by atoms with Crippen molar-refractivity contribution in [3.63, 3.8) is 0 Å². The number of ether oxygens (including phenoxy) is 1. The molecule has 5 nitrogen and oxygen atoms in total. The van der Waals surface area contributed by atoms with Gasteiger partial charge in [0, 0.05) is 23.5 Å². The second kappa shape index (κ2) is 6.43. The molecule has 1 aromatic rings. The van der Waals surface area contributed by atoms with Gasteiger partial charge in [0.1, 0.15) is 0 Å². The van der Waals surface area contributed by atoms with Crippen molar-refractivity contribution in [2.45, 2.75) is 32.9 Å². The first-order chi connectivity index (χ1) is 10.1. The van der Waals surface area contributed by atoms with E-state index in [0.29, 0.717) is 12.8 Å². The minimum absolute atomic E-state index is 0.210. The van der Waals surface area contributed by atoms with E-state index in [9.17, 15) is 9.59 Å². The van der Waals surface area contributed by atoms with Gasteiger partial charge in [0.05, 0.1) is 7.11 Å². The van der Waals surface area contributed by atoms with E-state index in [0.717, 1.165) is 28.9 Å². The summed E-state index contributed by atoms with van der Waals surface area (Å²) >= 11 is 0. The van der Waals surface area contributed by atoms with E-state index in [-0.39, 0.29) is 12.1 Å². The Balaban J connectivity index is 2.11. The van der Waals surface area contributed by atoms with Gasteiger partial charge in [0.2, 0.25) is 0 Å². The molecule has 112 valence electrons. The van der Waals surface area contributed by atoms with Gasteiger partial charge in [-0.3, -0.25) is 9.59 Å². The number of hydrogen-bond donors (Lipinski definition) is 1. The molecule has 0 radical (unpaired) electrons. The number of methoxy groups -OCH3 is 1. The van der Waals surface area contributed by atoms with Crippen molar-refractivity contribution in [2.75, 3.05) is 12.0 Å². The molecule has 0 saturated heterocycles. The molecule has 5 heteroatoms. The van der Waals surface area contributed by atoms with Crippen molar-refractivity contribution in [1.29, 1.82) is 0 Å². The number of aldehydes is 1. The number of aryl methyl sites for hydroxylation is 1.